The van der Waals surface area contributed by atoms with Gasteiger partial charge in [0.05, 0.1) is 0 Å². The van der Waals surface area contributed by atoms with E-state index < -0.39 is 0 Å². The quantitative estimate of drug-likeness (QED) is 0.667. The molecule has 3 rings (SSSR count). The average molecular weight is 315 g/mol. The predicted octanol–water partition coefficient (Wildman–Crippen LogP) is 1.17. The van der Waals surface area contributed by atoms with Crippen molar-refractivity contribution in [1.29, 1.82) is 0 Å². The van der Waals surface area contributed by atoms with E-state index in [1.165, 1.54) is 11.6 Å². The van der Waals surface area contributed by atoms with Gasteiger partial charge in [0, 0.05) is 37.9 Å². The van der Waals surface area contributed by atoms with Crippen molar-refractivity contribution in [3.05, 3.63) is 45.4 Å². The van der Waals surface area contributed by atoms with Gasteiger partial charge in [-0.15, -0.1) is 6.58 Å². The average Bonchev–Trinajstić information content (AvgIpc) is 3.00. The van der Waals surface area contributed by atoms with E-state index in [1.807, 2.05) is 10.8 Å². The summed E-state index contributed by atoms with van der Waals surface area (Å²) in [7, 11) is 3.11. The van der Waals surface area contributed by atoms with E-state index in [4.69, 9.17) is 0 Å². The third-order valence-corrected chi connectivity index (χ3v) is 4.14. The van der Waals surface area contributed by atoms with E-state index in [0.29, 0.717) is 23.5 Å². The van der Waals surface area contributed by atoms with Gasteiger partial charge >= 0.3 is 5.69 Å². The smallest absolute Gasteiger partial charge is 0.310 e. The SMILES string of the molecule is C=CCn1c(C(C)(C)C)cn2c3c(=O)n(C)c(=O)n(C)c3nc12. The van der Waals surface area contributed by atoms with Crippen molar-refractivity contribution >= 4 is 16.9 Å². The molecule has 122 valence electrons. The second kappa shape index (κ2) is 4.71. The Bertz CT molecular complexity index is 1050. The lowest BCUT2D eigenvalue weighted by molar-refractivity contribution is 0.537. The summed E-state index contributed by atoms with van der Waals surface area (Å²) >= 11 is 0. The van der Waals surface area contributed by atoms with E-state index >= 15 is 0 Å². The van der Waals surface area contributed by atoms with Crippen LogP contribution < -0.4 is 11.2 Å². The first kappa shape index (κ1) is 15.3. The van der Waals surface area contributed by atoms with E-state index in [0.717, 1.165) is 10.3 Å². The summed E-state index contributed by atoms with van der Waals surface area (Å²) < 4.78 is 6.31. The molecule has 0 unspecified atom stereocenters. The third kappa shape index (κ3) is 1.99. The minimum atomic E-state index is -0.380. The lowest BCUT2D eigenvalue weighted by Crippen LogP contribution is -2.37. The zero-order valence-electron chi connectivity index (χ0n) is 14.1. The molecule has 0 fully saturated rings. The summed E-state index contributed by atoms with van der Waals surface area (Å²) in [6.07, 6.45) is 3.73. The fourth-order valence-corrected chi connectivity index (χ4v) is 2.92. The molecule has 3 aromatic heterocycles. The molecule has 0 aliphatic rings. The molecule has 0 saturated heterocycles. The van der Waals surface area contributed by atoms with Crippen molar-refractivity contribution in [3.8, 4) is 0 Å². The Morgan fingerprint density at radius 1 is 1.22 bits per heavy atom. The molecule has 3 aromatic rings. The molecule has 0 bridgehead atoms. The Morgan fingerprint density at radius 3 is 2.43 bits per heavy atom. The largest absolute Gasteiger partial charge is 0.332 e. The topological polar surface area (TPSA) is 66.2 Å². The highest BCUT2D eigenvalue weighted by Gasteiger charge is 2.25. The van der Waals surface area contributed by atoms with Crippen LogP contribution in [0, 0.1) is 0 Å². The zero-order chi connectivity index (χ0) is 17.1. The summed E-state index contributed by atoms with van der Waals surface area (Å²) in [6, 6.07) is 0. The number of aryl methyl sites for hydroxylation is 1. The number of allylic oxidation sites excluding steroid dienone is 1. The molecule has 7 heteroatoms. The molecule has 0 aliphatic carbocycles. The van der Waals surface area contributed by atoms with Crippen LogP contribution in [-0.4, -0.2) is 23.1 Å². The molecule has 0 saturated carbocycles. The minimum absolute atomic E-state index is 0.109. The van der Waals surface area contributed by atoms with Gasteiger partial charge in [0.15, 0.2) is 11.2 Å². The Balaban J connectivity index is 2.57. The van der Waals surface area contributed by atoms with Crippen molar-refractivity contribution in [2.75, 3.05) is 0 Å². The molecular formula is C16H21N5O2. The number of aromatic nitrogens is 5. The molecule has 0 aliphatic heterocycles. The fourth-order valence-electron chi connectivity index (χ4n) is 2.92. The second-order valence-corrected chi connectivity index (χ2v) is 6.82. The maximum absolute atomic E-state index is 12.6. The lowest BCUT2D eigenvalue weighted by atomic mass is 9.92. The normalized spacial score (nSPS) is 12.4. The molecule has 7 nitrogen and oxygen atoms in total. The summed E-state index contributed by atoms with van der Waals surface area (Å²) in [5, 5.41) is 0. The summed E-state index contributed by atoms with van der Waals surface area (Å²) in [4.78, 5) is 29.2. The predicted molar refractivity (Wildman–Crippen MR) is 90.1 cm³/mol. The molecule has 23 heavy (non-hydrogen) atoms. The van der Waals surface area contributed by atoms with Crippen LogP contribution in [0.25, 0.3) is 16.9 Å². The van der Waals surface area contributed by atoms with Crippen LogP contribution in [0.2, 0.25) is 0 Å². The van der Waals surface area contributed by atoms with E-state index in [-0.39, 0.29) is 16.7 Å². The first-order valence-corrected chi connectivity index (χ1v) is 7.47. The van der Waals surface area contributed by atoms with Gasteiger partial charge in [0.1, 0.15) is 0 Å². The van der Waals surface area contributed by atoms with Gasteiger partial charge in [-0.1, -0.05) is 26.8 Å². The van der Waals surface area contributed by atoms with Crippen molar-refractivity contribution in [3.63, 3.8) is 0 Å². The van der Waals surface area contributed by atoms with Gasteiger partial charge in [0.25, 0.3) is 5.56 Å². The van der Waals surface area contributed by atoms with E-state index in [2.05, 4.69) is 32.3 Å². The molecule has 0 radical (unpaired) electrons. The van der Waals surface area contributed by atoms with Gasteiger partial charge < -0.3 is 4.57 Å². The number of imidazole rings is 2. The van der Waals surface area contributed by atoms with Crippen LogP contribution in [0.3, 0.4) is 0 Å². The molecule has 0 N–H and O–H groups in total. The number of nitrogens with zero attached hydrogens (tertiary/aromatic N) is 5. The van der Waals surface area contributed by atoms with Gasteiger partial charge in [0.2, 0.25) is 5.78 Å². The van der Waals surface area contributed by atoms with Gasteiger partial charge in [-0.05, 0) is 0 Å². The number of hydrogen-bond acceptors (Lipinski definition) is 3. The highest BCUT2D eigenvalue weighted by Crippen LogP contribution is 2.26. The van der Waals surface area contributed by atoms with Gasteiger partial charge in [-0.25, -0.2) is 4.79 Å². The van der Waals surface area contributed by atoms with E-state index in [1.54, 1.807) is 17.5 Å². The van der Waals surface area contributed by atoms with Crippen LogP contribution in [-0.2, 0) is 26.1 Å². The molecule has 0 atom stereocenters. The fraction of sp³-hybridized carbons (Fsp3) is 0.438. The van der Waals surface area contributed by atoms with Gasteiger partial charge in [-0.3, -0.25) is 18.3 Å². The van der Waals surface area contributed by atoms with Gasteiger partial charge in [-0.2, -0.15) is 4.98 Å². The van der Waals surface area contributed by atoms with Crippen LogP contribution in [0.4, 0.5) is 0 Å². The standard InChI is InChI=1S/C16H21N5O2/c1-7-8-20-10(16(2,3)4)9-21-11-12(17-14(20)21)18(5)15(23)19(6)13(11)22/h7,9H,1,8H2,2-6H3. The summed E-state index contributed by atoms with van der Waals surface area (Å²) in [5.74, 6) is 0.642. The number of hydrogen-bond donors (Lipinski definition) is 0. The number of rotatable bonds is 2. The molecular weight excluding hydrogens is 294 g/mol. The van der Waals surface area contributed by atoms with Crippen LogP contribution in [0.15, 0.2) is 28.4 Å². The first-order valence-electron chi connectivity index (χ1n) is 7.47. The summed E-state index contributed by atoms with van der Waals surface area (Å²) in [6.45, 7) is 10.7. The highest BCUT2D eigenvalue weighted by molar-refractivity contribution is 5.75. The van der Waals surface area contributed by atoms with Crippen molar-refractivity contribution < 1.29 is 0 Å². The Hall–Kier alpha value is -2.57. The van der Waals surface area contributed by atoms with Crippen LogP contribution >= 0.6 is 0 Å². The second-order valence-electron chi connectivity index (χ2n) is 6.82. The highest BCUT2D eigenvalue weighted by atomic mass is 16.2. The number of fused-ring (bicyclic) bond motifs is 3. The van der Waals surface area contributed by atoms with Crippen LogP contribution in [0.1, 0.15) is 26.5 Å². The molecule has 0 amide bonds. The molecule has 0 spiro atoms. The zero-order valence-corrected chi connectivity index (χ0v) is 14.1. The Labute approximate surface area is 133 Å². The summed E-state index contributed by atoms with van der Waals surface area (Å²) in [5.41, 5.74) is 1.03. The lowest BCUT2D eigenvalue weighted by Gasteiger charge is -2.20. The molecule has 0 aromatic carbocycles. The maximum atomic E-state index is 12.6. The minimum Gasteiger partial charge on any atom is -0.310 e. The van der Waals surface area contributed by atoms with Crippen molar-refractivity contribution in [1.82, 2.24) is 23.1 Å². The molecule has 3 heterocycles. The Kier molecular flexibility index (Phi) is 3.14. The van der Waals surface area contributed by atoms with Crippen LogP contribution in [0.5, 0.6) is 0 Å². The Morgan fingerprint density at radius 2 is 1.87 bits per heavy atom. The monoisotopic (exact) mass is 315 g/mol. The maximum Gasteiger partial charge on any atom is 0.332 e. The first-order chi connectivity index (χ1) is 10.7. The van der Waals surface area contributed by atoms with Crippen molar-refractivity contribution in [2.45, 2.75) is 32.7 Å². The van der Waals surface area contributed by atoms with Crippen molar-refractivity contribution in [2.24, 2.45) is 14.1 Å². The third-order valence-electron chi connectivity index (χ3n) is 4.14. The van der Waals surface area contributed by atoms with E-state index in [9.17, 15) is 9.59 Å².